The molecule has 0 saturated carbocycles. The summed E-state index contributed by atoms with van der Waals surface area (Å²) in [7, 11) is 0. The molecule has 0 aromatic heterocycles. The monoisotopic (exact) mass is 295 g/mol. The number of β-amino-alcohol motifs (C(OH)–C–C–N with tert-alkyl or cyclic N) is 1. The van der Waals surface area contributed by atoms with Crippen molar-refractivity contribution >= 4 is 17.3 Å². The van der Waals surface area contributed by atoms with E-state index in [1.807, 2.05) is 11.8 Å². The summed E-state index contributed by atoms with van der Waals surface area (Å²) in [6.07, 6.45) is 0.446. The molecule has 1 aliphatic rings. The third kappa shape index (κ3) is 3.71. The first-order valence-electron chi connectivity index (χ1n) is 7.16. The van der Waals surface area contributed by atoms with Crippen LogP contribution in [0.25, 0.3) is 0 Å². The number of hydrogen-bond acceptors (Lipinski definition) is 4. The number of benzene rings is 1. The molecule has 0 radical (unpaired) electrons. The lowest BCUT2D eigenvalue weighted by atomic mass is 9.95. The van der Waals surface area contributed by atoms with E-state index in [1.165, 1.54) is 18.2 Å². The predicted molar refractivity (Wildman–Crippen MR) is 80.3 cm³/mol. The Morgan fingerprint density at radius 3 is 2.90 bits per heavy atom. The number of rotatable bonds is 3. The van der Waals surface area contributed by atoms with Gasteiger partial charge in [0.05, 0.1) is 23.5 Å². The second-order valence-electron chi connectivity index (χ2n) is 5.73. The summed E-state index contributed by atoms with van der Waals surface area (Å²) in [6.45, 7) is 5.05. The van der Waals surface area contributed by atoms with Gasteiger partial charge in [-0.25, -0.2) is 4.39 Å². The highest BCUT2D eigenvalue weighted by Crippen LogP contribution is 2.22. The molecule has 0 aliphatic carbocycles. The van der Waals surface area contributed by atoms with E-state index in [9.17, 15) is 14.3 Å². The summed E-state index contributed by atoms with van der Waals surface area (Å²) in [5.41, 5.74) is 6.28. The van der Waals surface area contributed by atoms with E-state index in [0.717, 1.165) is 13.0 Å². The van der Waals surface area contributed by atoms with E-state index in [0.29, 0.717) is 12.2 Å². The molecule has 116 valence electrons. The smallest absolute Gasteiger partial charge is 0.241 e. The van der Waals surface area contributed by atoms with E-state index < -0.39 is 11.9 Å². The Morgan fingerprint density at radius 1 is 1.57 bits per heavy atom. The molecule has 5 nitrogen and oxygen atoms in total. The standard InChI is InChI=1S/C15H22FN3O2/c1-9-5-6-19(8-14(9)20)10(2)15(21)18-13-4-3-11(16)7-12(13)17/h3-4,7,9-10,14,20H,5-6,8,17H2,1-2H3,(H,18,21). The molecular formula is C15H22FN3O2. The van der Waals surface area contributed by atoms with Gasteiger partial charge in [0.15, 0.2) is 0 Å². The van der Waals surface area contributed by atoms with Crippen molar-refractivity contribution in [3.05, 3.63) is 24.0 Å². The molecule has 3 atom stereocenters. The van der Waals surface area contributed by atoms with Gasteiger partial charge in [-0.05, 0) is 44.0 Å². The van der Waals surface area contributed by atoms with Gasteiger partial charge in [-0.3, -0.25) is 9.69 Å². The minimum Gasteiger partial charge on any atom is -0.397 e. The van der Waals surface area contributed by atoms with Crippen molar-refractivity contribution in [2.75, 3.05) is 24.1 Å². The molecule has 0 spiro atoms. The normalized spacial score (nSPS) is 24.6. The van der Waals surface area contributed by atoms with Crippen molar-refractivity contribution < 1.29 is 14.3 Å². The number of nitrogens with one attached hydrogen (secondary N) is 1. The average molecular weight is 295 g/mol. The molecule has 4 N–H and O–H groups in total. The molecule has 1 heterocycles. The Balaban J connectivity index is 1.99. The summed E-state index contributed by atoms with van der Waals surface area (Å²) in [6, 6.07) is 3.49. The molecule has 21 heavy (non-hydrogen) atoms. The Bertz CT molecular complexity index is 524. The number of amides is 1. The lowest BCUT2D eigenvalue weighted by Crippen LogP contribution is -2.50. The molecule has 1 fully saturated rings. The molecule has 1 aromatic rings. The topological polar surface area (TPSA) is 78.6 Å². The minimum absolute atomic E-state index is 0.197. The van der Waals surface area contributed by atoms with Crippen LogP contribution in [0.15, 0.2) is 18.2 Å². The first kappa shape index (κ1) is 15.7. The van der Waals surface area contributed by atoms with E-state index in [4.69, 9.17) is 5.73 Å². The summed E-state index contributed by atoms with van der Waals surface area (Å²) in [5, 5.41) is 12.6. The van der Waals surface area contributed by atoms with Crippen LogP contribution in [0, 0.1) is 11.7 Å². The number of nitrogens with two attached hydrogens (primary N) is 1. The summed E-state index contributed by atoms with van der Waals surface area (Å²) >= 11 is 0. The molecule has 1 saturated heterocycles. The fraction of sp³-hybridized carbons (Fsp3) is 0.533. The SMILES string of the molecule is CC1CCN(C(C)C(=O)Nc2ccc(F)cc2N)CC1O. The second-order valence-corrected chi connectivity index (χ2v) is 5.73. The number of piperidine rings is 1. The van der Waals surface area contributed by atoms with E-state index in [-0.39, 0.29) is 23.6 Å². The number of aliphatic hydroxyl groups excluding tert-OH is 1. The number of hydrogen-bond donors (Lipinski definition) is 3. The minimum atomic E-state index is -0.438. The third-order valence-corrected chi connectivity index (χ3v) is 4.15. The van der Waals surface area contributed by atoms with Gasteiger partial charge >= 0.3 is 0 Å². The molecule has 6 heteroatoms. The summed E-state index contributed by atoms with van der Waals surface area (Å²) in [4.78, 5) is 14.2. The van der Waals surface area contributed by atoms with E-state index in [2.05, 4.69) is 5.32 Å². The van der Waals surface area contributed by atoms with E-state index >= 15 is 0 Å². The zero-order valence-corrected chi connectivity index (χ0v) is 12.3. The van der Waals surface area contributed by atoms with Gasteiger partial charge in [-0.15, -0.1) is 0 Å². The van der Waals surface area contributed by atoms with Crippen LogP contribution in [0.1, 0.15) is 20.3 Å². The van der Waals surface area contributed by atoms with Gasteiger partial charge < -0.3 is 16.2 Å². The van der Waals surface area contributed by atoms with Crippen molar-refractivity contribution in [1.29, 1.82) is 0 Å². The number of likely N-dealkylation sites (tertiary alicyclic amines) is 1. The Labute approximate surface area is 123 Å². The predicted octanol–water partition coefficient (Wildman–Crippen LogP) is 1.44. The average Bonchev–Trinajstić information content (AvgIpc) is 2.44. The van der Waals surface area contributed by atoms with Crippen LogP contribution in [-0.4, -0.2) is 41.1 Å². The molecule has 1 aromatic carbocycles. The van der Waals surface area contributed by atoms with Crippen LogP contribution >= 0.6 is 0 Å². The second kappa shape index (κ2) is 6.41. The zero-order chi connectivity index (χ0) is 15.6. The van der Waals surface area contributed by atoms with Gasteiger partial charge in [-0.2, -0.15) is 0 Å². The maximum absolute atomic E-state index is 13.0. The molecule has 0 bridgehead atoms. The maximum atomic E-state index is 13.0. The van der Waals surface area contributed by atoms with Crippen molar-refractivity contribution in [3.63, 3.8) is 0 Å². The number of anilines is 2. The quantitative estimate of drug-likeness (QED) is 0.737. The lowest BCUT2D eigenvalue weighted by Gasteiger charge is -2.37. The molecule has 1 amide bonds. The number of aliphatic hydroxyl groups is 1. The first-order chi connectivity index (χ1) is 9.88. The van der Waals surface area contributed by atoms with Gasteiger partial charge in [0.2, 0.25) is 5.91 Å². The largest absolute Gasteiger partial charge is 0.397 e. The van der Waals surface area contributed by atoms with Gasteiger partial charge in [0, 0.05) is 6.54 Å². The fourth-order valence-corrected chi connectivity index (χ4v) is 2.48. The van der Waals surface area contributed by atoms with Crippen LogP contribution in [-0.2, 0) is 4.79 Å². The summed E-state index contributed by atoms with van der Waals surface area (Å²) in [5.74, 6) is -0.397. The van der Waals surface area contributed by atoms with Crippen LogP contribution in [0.4, 0.5) is 15.8 Å². The number of halogens is 1. The molecular weight excluding hydrogens is 273 g/mol. The number of carbonyl (C=O) groups excluding carboxylic acids is 1. The van der Waals surface area contributed by atoms with Crippen LogP contribution in [0.2, 0.25) is 0 Å². The van der Waals surface area contributed by atoms with Crippen molar-refractivity contribution in [2.45, 2.75) is 32.4 Å². The van der Waals surface area contributed by atoms with Gasteiger partial charge in [0.1, 0.15) is 5.82 Å². The Hall–Kier alpha value is -1.66. The van der Waals surface area contributed by atoms with Gasteiger partial charge in [-0.1, -0.05) is 6.92 Å². The lowest BCUT2D eigenvalue weighted by molar-refractivity contribution is -0.122. The van der Waals surface area contributed by atoms with Crippen molar-refractivity contribution in [1.82, 2.24) is 4.90 Å². The molecule has 2 rings (SSSR count). The maximum Gasteiger partial charge on any atom is 0.241 e. The Kier molecular flexibility index (Phi) is 4.80. The highest BCUT2D eigenvalue weighted by Gasteiger charge is 2.30. The number of nitrogens with zero attached hydrogens (tertiary/aromatic N) is 1. The highest BCUT2D eigenvalue weighted by molar-refractivity contribution is 5.97. The van der Waals surface area contributed by atoms with Crippen LogP contribution in [0.5, 0.6) is 0 Å². The van der Waals surface area contributed by atoms with Crippen LogP contribution < -0.4 is 11.1 Å². The zero-order valence-electron chi connectivity index (χ0n) is 12.3. The van der Waals surface area contributed by atoms with Crippen molar-refractivity contribution in [2.24, 2.45) is 5.92 Å². The van der Waals surface area contributed by atoms with E-state index in [1.54, 1.807) is 6.92 Å². The van der Waals surface area contributed by atoms with Crippen molar-refractivity contribution in [3.8, 4) is 0 Å². The number of nitrogen functional groups attached to an aromatic ring is 1. The number of carbonyl (C=O) groups is 1. The first-order valence-corrected chi connectivity index (χ1v) is 7.16. The Morgan fingerprint density at radius 2 is 2.29 bits per heavy atom. The molecule has 3 unspecified atom stereocenters. The molecule has 1 aliphatic heterocycles. The van der Waals surface area contributed by atoms with Crippen LogP contribution in [0.3, 0.4) is 0 Å². The fourth-order valence-electron chi connectivity index (χ4n) is 2.48. The third-order valence-electron chi connectivity index (χ3n) is 4.15. The van der Waals surface area contributed by atoms with Gasteiger partial charge in [0.25, 0.3) is 0 Å². The summed E-state index contributed by atoms with van der Waals surface area (Å²) < 4.78 is 13.0. The highest BCUT2D eigenvalue weighted by atomic mass is 19.1.